The van der Waals surface area contributed by atoms with Gasteiger partial charge in [0.05, 0.1) is 7.11 Å². The van der Waals surface area contributed by atoms with E-state index in [2.05, 4.69) is 34.3 Å². The molecule has 0 spiro atoms. The van der Waals surface area contributed by atoms with E-state index in [9.17, 15) is 4.79 Å². The number of nitrogens with one attached hydrogen (secondary N) is 2. The molecule has 0 radical (unpaired) electrons. The van der Waals surface area contributed by atoms with E-state index < -0.39 is 0 Å². The number of aromatic amines is 1. The van der Waals surface area contributed by atoms with E-state index in [1.165, 1.54) is 0 Å². The van der Waals surface area contributed by atoms with Crippen molar-refractivity contribution < 1.29 is 9.53 Å². The van der Waals surface area contributed by atoms with Crippen LogP contribution >= 0.6 is 0 Å². The van der Waals surface area contributed by atoms with E-state index in [0.29, 0.717) is 17.7 Å². The SMILES string of the molecule is CCC(C)CC(C)C(=O)Nc1n[nH]c(-c2ccc(OC)cc2)n1. The Kier molecular flexibility index (Phi) is 5.73. The van der Waals surface area contributed by atoms with Crippen molar-refractivity contribution in [2.75, 3.05) is 12.4 Å². The number of ether oxygens (including phenoxy) is 1. The van der Waals surface area contributed by atoms with Gasteiger partial charge in [0.15, 0.2) is 5.82 Å². The number of carbonyl (C=O) groups is 1. The summed E-state index contributed by atoms with van der Waals surface area (Å²) in [6.45, 7) is 6.21. The molecule has 0 aliphatic heterocycles. The summed E-state index contributed by atoms with van der Waals surface area (Å²) in [4.78, 5) is 16.5. The zero-order valence-corrected chi connectivity index (χ0v) is 14.1. The Labute approximate surface area is 136 Å². The second-order valence-electron chi connectivity index (χ2n) is 5.88. The van der Waals surface area contributed by atoms with E-state index in [1.54, 1.807) is 7.11 Å². The molecule has 1 amide bonds. The summed E-state index contributed by atoms with van der Waals surface area (Å²) >= 11 is 0. The van der Waals surface area contributed by atoms with Gasteiger partial charge in [-0.2, -0.15) is 4.98 Å². The molecular weight excluding hydrogens is 292 g/mol. The molecule has 2 N–H and O–H groups in total. The van der Waals surface area contributed by atoms with Gasteiger partial charge in [0, 0.05) is 11.5 Å². The number of H-pyrrole nitrogens is 1. The van der Waals surface area contributed by atoms with Crippen LogP contribution in [-0.4, -0.2) is 28.2 Å². The minimum atomic E-state index is -0.0621. The predicted octanol–water partition coefficient (Wildman–Crippen LogP) is 3.49. The lowest BCUT2D eigenvalue weighted by molar-refractivity contribution is -0.119. The van der Waals surface area contributed by atoms with Crippen molar-refractivity contribution in [3.63, 3.8) is 0 Å². The van der Waals surface area contributed by atoms with Gasteiger partial charge in [0.25, 0.3) is 0 Å². The first kappa shape index (κ1) is 17.0. The maximum atomic E-state index is 12.2. The van der Waals surface area contributed by atoms with Crippen molar-refractivity contribution in [2.24, 2.45) is 11.8 Å². The minimum absolute atomic E-state index is 0.0504. The third-order valence-electron chi connectivity index (χ3n) is 3.98. The molecule has 1 aromatic carbocycles. The summed E-state index contributed by atoms with van der Waals surface area (Å²) in [6, 6.07) is 7.47. The maximum Gasteiger partial charge on any atom is 0.249 e. The molecule has 0 bridgehead atoms. The van der Waals surface area contributed by atoms with Crippen molar-refractivity contribution in [1.82, 2.24) is 15.2 Å². The number of carbonyl (C=O) groups excluding carboxylic acids is 1. The van der Waals surface area contributed by atoms with Gasteiger partial charge < -0.3 is 4.74 Å². The molecule has 0 aliphatic rings. The van der Waals surface area contributed by atoms with Gasteiger partial charge in [-0.1, -0.05) is 27.2 Å². The molecule has 124 valence electrons. The first-order chi connectivity index (χ1) is 11.0. The maximum absolute atomic E-state index is 12.2. The van der Waals surface area contributed by atoms with Crippen LogP contribution in [0, 0.1) is 11.8 Å². The normalized spacial score (nSPS) is 13.4. The van der Waals surface area contributed by atoms with Crippen LogP contribution < -0.4 is 10.1 Å². The van der Waals surface area contributed by atoms with Crippen LogP contribution in [0.5, 0.6) is 5.75 Å². The number of hydrogen-bond donors (Lipinski definition) is 2. The number of methoxy groups -OCH3 is 1. The van der Waals surface area contributed by atoms with Crippen LogP contribution in [0.15, 0.2) is 24.3 Å². The average molecular weight is 316 g/mol. The molecule has 6 heteroatoms. The standard InChI is InChI=1S/C17H24N4O2/c1-5-11(2)10-12(3)16(22)19-17-18-15(20-21-17)13-6-8-14(23-4)9-7-13/h6-9,11-12H,5,10H2,1-4H3,(H2,18,19,20,21,22). The molecule has 2 aromatic rings. The number of anilines is 1. The van der Waals surface area contributed by atoms with Crippen LogP contribution in [0.25, 0.3) is 11.4 Å². The van der Waals surface area contributed by atoms with Crippen molar-refractivity contribution in [2.45, 2.75) is 33.6 Å². The fraction of sp³-hybridized carbons (Fsp3) is 0.471. The highest BCUT2D eigenvalue weighted by molar-refractivity contribution is 5.90. The second kappa shape index (κ2) is 7.76. The smallest absolute Gasteiger partial charge is 0.249 e. The Bertz CT molecular complexity index is 636. The number of hydrogen-bond acceptors (Lipinski definition) is 4. The van der Waals surface area contributed by atoms with Crippen molar-refractivity contribution in [1.29, 1.82) is 0 Å². The molecule has 2 atom stereocenters. The van der Waals surface area contributed by atoms with Crippen molar-refractivity contribution in [3.05, 3.63) is 24.3 Å². The van der Waals surface area contributed by atoms with E-state index in [1.807, 2.05) is 31.2 Å². The average Bonchev–Trinajstić information content (AvgIpc) is 3.03. The monoisotopic (exact) mass is 316 g/mol. The summed E-state index contributed by atoms with van der Waals surface area (Å²) in [5, 5.41) is 9.66. The lowest BCUT2D eigenvalue weighted by atomic mass is 9.95. The Morgan fingerprint density at radius 2 is 2.00 bits per heavy atom. The zero-order valence-electron chi connectivity index (χ0n) is 14.1. The van der Waals surface area contributed by atoms with Crippen LogP contribution in [0.2, 0.25) is 0 Å². The van der Waals surface area contributed by atoms with E-state index in [-0.39, 0.29) is 11.8 Å². The third-order valence-corrected chi connectivity index (χ3v) is 3.98. The number of aromatic nitrogens is 3. The molecule has 0 saturated carbocycles. The Morgan fingerprint density at radius 1 is 1.30 bits per heavy atom. The van der Waals surface area contributed by atoms with Crippen LogP contribution in [0.3, 0.4) is 0 Å². The van der Waals surface area contributed by atoms with Crippen LogP contribution in [0.4, 0.5) is 5.95 Å². The fourth-order valence-electron chi connectivity index (χ4n) is 2.31. The Morgan fingerprint density at radius 3 is 2.61 bits per heavy atom. The highest BCUT2D eigenvalue weighted by Crippen LogP contribution is 2.20. The van der Waals surface area contributed by atoms with Gasteiger partial charge in [0.1, 0.15) is 5.75 Å². The van der Waals surface area contributed by atoms with Crippen molar-refractivity contribution in [3.8, 4) is 17.1 Å². The van der Waals surface area contributed by atoms with Crippen LogP contribution in [-0.2, 0) is 4.79 Å². The Balaban J connectivity index is 2.00. The first-order valence-electron chi connectivity index (χ1n) is 7.91. The van der Waals surface area contributed by atoms with Crippen LogP contribution in [0.1, 0.15) is 33.6 Å². The molecule has 1 heterocycles. The van der Waals surface area contributed by atoms with Crippen molar-refractivity contribution >= 4 is 11.9 Å². The Hall–Kier alpha value is -2.37. The largest absolute Gasteiger partial charge is 0.497 e. The fourth-order valence-corrected chi connectivity index (χ4v) is 2.31. The molecule has 2 rings (SSSR count). The molecule has 23 heavy (non-hydrogen) atoms. The topological polar surface area (TPSA) is 79.9 Å². The summed E-state index contributed by atoms with van der Waals surface area (Å²) in [7, 11) is 1.62. The number of benzene rings is 1. The number of amides is 1. The predicted molar refractivity (Wildman–Crippen MR) is 90.2 cm³/mol. The van der Waals surface area contributed by atoms with Gasteiger partial charge >= 0.3 is 0 Å². The molecule has 0 fully saturated rings. The van der Waals surface area contributed by atoms with Gasteiger partial charge in [-0.05, 0) is 36.6 Å². The lowest BCUT2D eigenvalue weighted by Gasteiger charge is -2.14. The number of nitrogens with zero attached hydrogens (tertiary/aromatic N) is 2. The van der Waals surface area contributed by atoms with Gasteiger partial charge in [0.2, 0.25) is 11.9 Å². The highest BCUT2D eigenvalue weighted by Gasteiger charge is 2.17. The quantitative estimate of drug-likeness (QED) is 0.819. The molecular formula is C17H24N4O2. The highest BCUT2D eigenvalue weighted by atomic mass is 16.5. The van der Waals surface area contributed by atoms with Gasteiger partial charge in [-0.15, -0.1) is 5.10 Å². The summed E-state index contributed by atoms with van der Waals surface area (Å²) in [5.41, 5.74) is 0.881. The minimum Gasteiger partial charge on any atom is -0.497 e. The summed E-state index contributed by atoms with van der Waals surface area (Å²) in [5.74, 6) is 2.10. The van der Waals surface area contributed by atoms with E-state index >= 15 is 0 Å². The third kappa shape index (κ3) is 4.55. The lowest BCUT2D eigenvalue weighted by Crippen LogP contribution is -2.22. The molecule has 6 nitrogen and oxygen atoms in total. The first-order valence-corrected chi connectivity index (χ1v) is 7.91. The van der Waals surface area contributed by atoms with Gasteiger partial charge in [-0.25, -0.2) is 0 Å². The number of rotatable bonds is 7. The van der Waals surface area contributed by atoms with E-state index in [0.717, 1.165) is 24.2 Å². The molecule has 0 saturated heterocycles. The molecule has 1 aromatic heterocycles. The molecule has 0 aliphatic carbocycles. The summed E-state index contributed by atoms with van der Waals surface area (Å²) in [6.07, 6.45) is 1.93. The van der Waals surface area contributed by atoms with Gasteiger partial charge in [-0.3, -0.25) is 15.2 Å². The zero-order chi connectivity index (χ0) is 16.8. The van der Waals surface area contributed by atoms with E-state index in [4.69, 9.17) is 4.74 Å². The molecule has 2 unspecified atom stereocenters. The second-order valence-corrected chi connectivity index (χ2v) is 5.88. The summed E-state index contributed by atoms with van der Waals surface area (Å²) < 4.78 is 5.13.